The van der Waals surface area contributed by atoms with Crippen LogP contribution in [0.5, 0.6) is 0 Å². The highest BCUT2D eigenvalue weighted by Crippen LogP contribution is 2.64. The third-order valence-corrected chi connectivity index (χ3v) is 12.4. The average molecular weight is 893 g/mol. The molecule has 3 rings (SSSR count). The van der Waals surface area contributed by atoms with Gasteiger partial charge in [-0.05, 0) is 74.5 Å². The molecule has 0 aliphatic carbocycles. The molecule has 0 aliphatic heterocycles. The molecule has 272 valence electrons. The lowest BCUT2D eigenvalue weighted by Gasteiger charge is -2.39. The van der Waals surface area contributed by atoms with Gasteiger partial charge in [0.2, 0.25) is 0 Å². The smallest absolute Gasteiger partial charge is 0.194 e. The first-order valence-electron chi connectivity index (χ1n) is 14.7. The summed E-state index contributed by atoms with van der Waals surface area (Å²) in [5.74, 6) is -37.4. The van der Waals surface area contributed by atoms with Gasteiger partial charge in [-0.3, -0.25) is 0 Å². The second kappa shape index (κ2) is 15.8. The first-order chi connectivity index (χ1) is 22.0. The van der Waals surface area contributed by atoms with E-state index in [-0.39, 0.29) is 18.4 Å². The van der Waals surface area contributed by atoms with Gasteiger partial charge in [0.05, 0.1) is 12.4 Å². The average Bonchev–Trinajstić information content (AvgIpc) is 3.71. The minimum atomic E-state index is -7.96. The molecule has 3 heterocycles. The molecule has 0 atom stereocenters. The molecule has 0 saturated heterocycles. The predicted molar refractivity (Wildman–Crippen MR) is 172 cm³/mol. The van der Waals surface area contributed by atoms with E-state index >= 15 is 8.78 Å². The summed E-state index contributed by atoms with van der Waals surface area (Å²) in [7, 11) is 0. The van der Waals surface area contributed by atoms with Crippen LogP contribution in [0.1, 0.15) is 82.3 Å². The highest BCUT2D eigenvalue weighted by atomic mass is 79.9. The molecule has 0 nitrogen and oxygen atoms in total. The topological polar surface area (TPSA) is 0 Å². The van der Waals surface area contributed by atoms with Crippen LogP contribution in [0, 0.1) is 0 Å². The fourth-order valence-corrected chi connectivity index (χ4v) is 9.42. The lowest BCUT2D eigenvalue weighted by molar-refractivity contribution is -0.441. The number of thiophene rings is 3. The van der Waals surface area contributed by atoms with Crippen molar-refractivity contribution < 1.29 is 57.1 Å². The second-order valence-electron chi connectivity index (χ2n) is 11.2. The molecule has 48 heavy (non-hydrogen) atoms. The Kier molecular flexibility index (Phi) is 13.7. The van der Waals surface area contributed by atoms with E-state index in [1.807, 2.05) is 0 Å². The zero-order valence-corrected chi connectivity index (χ0v) is 30.6. The van der Waals surface area contributed by atoms with Crippen LogP contribution < -0.4 is 0 Å². The van der Waals surface area contributed by atoms with Gasteiger partial charge < -0.3 is 0 Å². The Labute approximate surface area is 297 Å². The summed E-state index contributed by atoms with van der Waals surface area (Å²) in [6.07, 6.45) is 3.30. The molecule has 0 saturated carbocycles. The molecule has 0 unspecified atom stereocenters. The Morgan fingerprint density at radius 1 is 0.521 bits per heavy atom. The van der Waals surface area contributed by atoms with Crippen molar-refractivity contribution in [2.45, 2.75) is 113 Å². The number of alkyl halides is 13. The van der Waals surface area contributed by atoms with Crippen molar-refractivity contribution in [1.29, 1.82) is 0 Å². The van der Waals surface area contributed by atoms with Gasteiger partial charge in [-0.15, -0.1) is 34.0 Å². The van der Waals surface area contributed by atoms with Crippen molar-refractivity contribution in [3.05, 3.63) is 43.0 Å². The molecule has 0 fully saturated rings. The quantitative estimate of drug-likeness (QED) is 0.0882. The van der Waals surface area contributed by atoms with Gasteiger partial charge in [-0.2, -0.15) is 57.1 Å². The molecular weight excluding hydrogens is 863 g/mol. The molecule has 0 N–H and O–H groups in total. The van der Waals surface area contributed by atoms with E-state index in [1.165, 1.54) is 25.3 Å². The fraction of sp³-hybridized carbons (Fsp3) is 0.600. The summed E-state index contributed by atoms with van der Waals surface area (Å²) < 4.78 is 184. The number of unbranched alkanes of at least 4 members (excludes halogenated alkanes) is 9. The van der Waals surface area contributed by atoms with Crippen LogP contribution in [0.25, 0.3) is 19.5 Å². The van der Waals surface area contributed by atoms with Crippen LogP contribution in [0.2, 0.25) is 0 Å². The van der Waals surface area contributed by atoms with E-state index in [1.54, 1.807) is 6.07 Å². The summed E-state index contributed by atoms with van der Waals surface area (Å²) in [5.41, 5.74) is -1.34. The van der Waals surface area contributed by atoms with E-state index in [0.29, 0.717) is 50.9 Å². The Morgan fingerprint density at radius 2 is 1.04 bits per heavy atom. The second-order valence-corrected chi connectivity index (χ2v) is 17.1. The van der Waals surface area contributed by atoms with Crippen LogP contribution in [-0.4, -0.2) is 29.9 Å². The molecule has 0 amide bonds. The maximum atomic E-state index is 15.6. The first-order valence-corrected chi connectivity index (χ1v) is 18.7. The molecule has 3 aromatic rings. The number of halogens is 15. The Hall–Kier alpha value is -0.850. The molecular formula is C30H29Br2F13S3. The van der Waals surface area contributed by atoms with E-state index in [2.05, 4.69) is 38.8 Å². The zero-order chi connectivity index (χ0) is 36.3. The Morgan fingerprint density at radius 3 is 1.54 bits per heavy atom. The van der Waals surface area contributed by atoms with Crippen molar-refractivity contribution in [3.63, 3.8) is 0 Å². The fourth-order valence-electron chi connectivity index (χ4n) is 4.89. The summed E-state index contributed by atoms with van der Waals surface area (Å²) in [5, 5.41) is 0. The molecule has 0 spiro atoms. The molecule has 18 heteroatoms. The molecule has 0 radical (unpaired) electrons. The standard InChI is InChI=1S/C30H29Br2F13S3/c1-2-3-4-5-6-7-8-9-10-11-12-17-15-22(32)48-23(17)20-16-18(24(47-20)19-13-14-21(31)46-19)25(33,34)26(35,36)27(37,38)28(39,40)29(41,42)30(43,44)45/h13-16H,2-12H2,1H3. The highest BCUT2D eigenvalue weighted by molar-refractivity contribution is 9.11. The minimum absolute atomic E-state index is 0.145. The maximum Gasteiger partial charge on any atom is 0.460 e. The summed E-state index contributed by atoms with van der Waals surface area (Å²) in [6, 6.07) is 4.47. The van der Waals surface area contributed by atoms with E-state index in [9.17, 15) is 48.3 Å². The van der Waals surface area contributed by atoms with Gasteiger partial charge in [0.1, 0.15) is 0 Å². The van der Waals surface area contributed by atoms with E-state index < -0.39 is 46.2 Å². The lowest BCUT2D eigenvalue weighted by Crippen LogP contribution is -2.69. The van der Waals surface area contributed by atoms with Gasteiger partial charge >= 0.3 is 35.8 Å². The van der Waals surface area contributed by atoms with Crippen LogP contribution in [-0.2, 0) is 12.3 Å². The van der Waals surface area contributed by atoms with E-state index in [0.717, 1.165) is 55.9 Å². The number of rotatable bonds is 18. The van der Waals surface area contributed by atoms with Crippen molar-refractivity contribution in [2.75, 3.05) is 0 Å². The summed E-state index contributed by atoms with van der Waals surface area (Å²) in [6.45, 7) is 2.13. The van der Waals surface area contributed by atoms with Crippen molar-refractivity contribution in [2.24, 2.45) is 0 Å². The van der Waals surface area contributed by atoms with Gasteiger partial charge in [0.25, 0.3) is 0 Å². The number of aryl methyl sites for hydroxylation is 1. The number of hydrogen-bond acceptors (Lipinski definition) is 3. The third kappa shape index (κ3) is 8.27. The van der Waals surface area contributed by atoms with Gasteiger partial charge in [0.15, 0.2) is 0 Å². The maximum absolute atomic E-state index is 15.6. The monoisotopic (exact) mass is 890 g/mol. The largest absolute Gasteiger partial charge is 0.460 e. The lowest BCUT2D eigenvalue weighted by atomic mass is 9.90. The molecule has 0 aromatic carbocycles. The van der Waals surface area contributed by atoms with Crippen LogP contribution in [0.3, 0.4) is 0 Å². The SMILES string of the molecule is CCCCCCCCCCCCc1cc(Br)sc1-c1cc(C(F)(F)C(F)(F)C(F)(F)C(F)(F)C(F)(F)C(F)(F)F)c(-c2ccc(Br)s2)s1. The van der Waals surface area contributed by atoms with Gasteiger partial charge in [-0.1, -0.05) is 64.7 Å². The van der Waals surface area contributed by atoms with E-state index in [4.69, 9.17) is 0 Å². The van der Waals surface area contributed by atoms with Crippen molar-refractivity contribution >= 4 is 65.9 Å². The molecule has 0 bridgehead atoms. The van der Waals surface area contributed by atoms with Gasteiger partial charge in [0, 0.05) is 20.2 Å². The predicted octanol–water partition coefficient (Wildman–Crippen LogP) is 15.4. The van der Waals surface area contributed by atoms with Gasteiger partial charge in [-0.25, -0.2) is 0 Å². The Bertz CT molecular complexity index is 1490. The van der Waals surface area contributed by atoms with Crippen LogP contribution >= 0.6 is 65.9 Å². The third-order valence-electron chi connectivity index (χ3n) is 7.60. The highest BCUT2D eigenvalue weighted by Gasteiger charge is 2.91. The normalized spacial score (nSPS) is 13.9. The first kappa shape index (κ1) is 41.6. The zero-order valence-electron chi connectivity index (χ0n) is 25.0. The summed E-state index contributed by atoms with van der Waals surface area (Å²) in [4.78, 5) is -0.841. The van der Waals surface area contributed by atoms with Crippen LogP contribution in [0.4, 0.5) is 57.1 Å². The Balaban J connectivity index is 1.97. The molecule has 0 aliphatic rings. The van der Waals surface area contributed by atoms with Crippen LogP contribution in [0.15, 0.2) is 31.8 Å². The molecule has 3 aromatic heterocycles. The minimum Gasteiger partial charge on any atom is -0.194 e. The summed E-state index contributed by atoms with van der Waals surface area (Å²) >= 11 is 8.46. The number of hydrogen-bond donors (Lipinski definition) is 0. The van der Waals surface area contributed by atoms with Crippen molar-refractivity contribution in [1.82, 2.24) is 0 Å². The van der Waals surface area contributed by atoms with Crippen molar-refractivity contribution in [3.8, 4) is 19.5 Å².